The van der Waals surface area contributed by atoms with E-state index in [-0.39, 0.29) is 5.91 Å². The normalized spacial score (nSPS) is 10.4. The predicted molar refractivity (Wildman–Crippen MR) is 86.9 cm³/mol. The van der Waals surface area contributed by atoms with Crippen molar-refractivity contribution in [3.63, 3.8) is 0 Å². The van der Waals surface area contributed by atoms with Crippen molar-refractivity contribution in [2.45, 2.75) is 13.5 Å². The molecule has 0 spiro atoms. The van der Waals surface area contributed by atoms with Crippen molar-refractivity contribution >= 4 is 11.6 Å². The molecule has 0 saturated carbocycles. The maximum atomic E-state index is 12.3. The van der Waals surface area contributed by atoms with E-state index in [1.54, 1.807) is 6.20 Å². The fraction of sp³-hybridized carbons (Fsp3) is 0.111. The first-order valence-corrected chi connectivity index (χ1v) is 7.16. The molecule has 0 aliphatic rings. The van der Waals surface area contributed by atoms with Gasteiger partial charge in [-0.3, -0.25) is 9.48 Å². The number of amides is 1. The van der Waals surface area contributed by atoms with Crippen LogP contribution in [0.2, 0.25) is 0 Å². The summed E-state index contributed by atoms with van der Waals surface area (Å²) in [6.45, 7) is 2.61. The monoisotopic (exact) mass is 291 g/mol. The summed E-state index contributed by atoms with van der Waals surface area (Å²) < 4.78 is 1.81. The molecule has 0 saturated heterocycles. The van der Waals surface area contributed by atoms with Crippen molar-refractivity contribution in [1.29, 1.82) is 0 Å². The molecule has 110 valence electrons. The van der Waals surface area contributed by atoms with Crippen LogP contribution in [0.25, 0.3) is 0 Å². The highest BCUT2D eigenvalue weighted by molar-refractivity contribution is 6.05. The third-order valence-electron chi connectivity index (χ3n) is 3.47. The van der Waals surface area contributed by atoms with Gasteiger partial charge in [-0.1, -0.05) is 48.5 Å². The van der Waals surface area contributed by atoms with Crippen molar-refractivity contribution in [2.24, 2.45) is 0 Å². The number of hydrogen-bond acceptors (Lipinski definition) is 2. The molecule has 2 aromatic carbocycles. The van der Waals surface area contributed by atoms with E-state index in [1.165, 1.54) is 5.56 Å². The van der Waals surface area contributed by atoms with Crippen LogP contribution in [0.1, 0.15) is 21.5 Å². The smallest absolute Gasteiger partial charge is 0.256 e. The van der Waals surface area contributed by atoms with E-state index in [4.69, 9.17) is 0 Å². The molecule has 0 bridgehead atoms. The van der Waals surface area contributed by atoms with Gasteiger partial charge < -0.3 is 5.32 Å². The third kappa shape index (κ3) is 3.23. The summed E-state index contributed by atoms with van der Waals surface area (Å²) in [4.78, 5) is 12.3. The Morgan fingerprint density at radius 3 is 2.59 bits per heavy atom. The minimum absolute atomic E-state index is 0.114. The molecule has 0 unspecified atom stereocenters. The molecule has 4 heteroatoms. The number of nitrogens with one attached hydrogen (secondary N) is 1. The van der Waals surface area contributed by atoms with Gasteiger partial charge in [0.25, 0.3) is 5.91 Å². The summed E-state index contributed by atoms with van der Waals surface area (Å²) in [5.41, 5.74) is 3.50. The highest BCUT2D eigenvalue weighted by Crippen LogP contribution is 2.12. The second-order valence-corrected chi connectivity index (χ2v) is 5.18. The van der Waals surface area contributed by atoms with Crippen molar-refractivity contribution in [1.82, 2.24) is 9.78 Å². The summed E-state index contributed by atoms with van der Waals surface area (Å²) >= 11 is 0. The maximum absolute atomic E-state index is 12.3. The van der Waals surface area contributed by atoms with Crippen LogP contribution in [0.4, 0.5) is 5.69 Å². The lowest BCUT2D eigenvalue weighted by Crippen LogP contribution is -2.12. The molecule has 0 radical (unpaired) electrons. The van der Waals surface area contributed by atoms with E-state index in [0.29, 0.717) is 17.8 Å². The van der Waals surface area contributed by atoms with Crippen LogP contribution in [0.3, 0.4) is 0 Å². The SMILES string of the molecule is Cc1ccccc1C(=O)Nc1cnn(Cc2ccccc2)c1. The number of anilines is 1. The Morgan fingerprint density at radius 1 is 1.09 bits per heavy atom. The summed E-state index contributed by atoms with van der Waals surface area (Å²) in [6.07, 6.45) is 3.50. The highest BCUT2D eigenvalue weighted by atomic mass is 16.1. The summed E-state index contributed by atoms with van der Waals surface area (Å²) in [5, 5.41) is 7.17. The van der Waals surface area contributed by atoms with Gasteiger partial charge in [-0.2, -0.15) is 5.10 Å². The number of benzene rings is 2. The molecule has 0 aliphatic carbocycles. The number of aryl methyl sites for hydroxylation is 1. The van der Waals surface area contributed by atoms with Crippen LogP contribution in [-0.2, 0) is 6.54 Å². The molecule has 1 heterocycles. The Bertz CT molecular complexity index is 778. The molecule has 0 atom stereocenters. The number of rotatable bonds is 4. The van der Waals surface area contributed by atoms with Gasteiger partial charge in [-0.15, -0.1) is 0 Å². The Hall–Kier alpha value is -2.88. The minimum Gasteiger partial charge on any atom is -0.319 e. The van der Waals surface area contributed by atoms with Crippen molar-refractivity contribution in [3.8, 4) is 0 Å². The van der Waals surface area contributed by atoms with E-state index in [2.05, 4.69) is 10.4 Å². The first-order valence-electron chi connectivity index (χ1n) is 7.16. The lowest BCUT2D eigenvalue weighted by molar-refractivity contribution is 0.102. The van der Waals surface area contributed by atoms with Crippen molar-refractivity contribution in [2.75, 3.05) is 5.32 Å². The number of carbonyl (C=O) groups excluding carboxylic acids is 1. The largest absolute Gasteiger partial charge is 0.319 e. The zero-order valence-electron chi connectivity index (χ0n) is 12.4. The van der Waals surface area contributed by atoms with Gasteiger partial charge in [0.1, 0.15) is 0 Å². The van der Waals surface area contributed by atoms with Crippen LogP contribution in [0.5, 0.6) is 0 Å². The van der Waals surface area contributed by atoms with Crippen LogP contribution in [0.15, 0.2) is 67.0 Å². The Labute approximate surface area is 129 Å². The molecule has 0 aliphatic heterocycles. The maximum Gasteiger partial charge on any atom is 0.256 e. The standard InChI is InChI=1S/C18H17N3O/c1-14-7-5-6-10-17(14)18(22)20-16-11-19-21(13-16)12-15-8-3-2-4-9-15/h2-11,13H,12H2,1H3,(H,20,22). The molecule has 22 heavy (non-hydrogen) atoms. The first kappa shape index (κ1) is 14.1. The van der Waals surface area contributed by atoms with E-state index in [1.807, 2.05) is 72.4 Å². The van der Waals surface area contributed by atoms with Gasteiger partial charge in [0.15, 0.2) is 0 Å². The van der Waals surface area contributed by atoms with Crippen LogP contribution in [0, 0.1) is 6.92 Å². The van der Waals surface area contributed by atoms with E-state index >= 15 is 0 Å². The molecule has 1 N–H and O–H groups in total. The van der Waals surface area contributed by atoms with Crippen molar-refractivity contribution < 1.29 is 4.79 Å². The number of nitrogens with zero attached hydrogens (tertiary/aromatic N) is 2. The fourth-order valence-corrected chi connectivity index (χ4v) is 2.31. The zero-order valence-corrected chi connectivity index (χ0v) is 12.4. The molecule has 1 amide bonds. The van der Waals surface area contributed by atoms with Gasteiger partial charge in [0.05, 0.1) is 18.4 Å². The van der Waals surface area contributed by atoms with E-state index in [9.17, 15) is 4.79 Å². The summed E-state index contributed by atoms with van der Waals surface area (Å²) in [7, 11) is 0. The van der Waals surface area contributed by atoms with Gasteiger partial charge in [-0.05, 0) is 24.1 Å². The van der Waals surface area contributed by atoms with Crippen LogP contribution >= 0.6 is 0 Å². The van der Waals surface area contributed by atoms with Gasteiger partial charge in [-0.25, -0.2) is 0 Å². The van der Waals surface area contributed by atoms with Gasteiger partial charge in [0.2, 0.25) is 0 Å². The highest BCUT2D eigenvalue weighted by Gasteiger charge is 2.09. The Morgan fingerprint density at radius 2 is 1.82 bits per heavy atom. The number of hydrogen-bond donors (Lipinski definition) is 1. The average molecular weight is 291 g/mol. The molecule has 0 fully saturated rings. The number of carbonyl (C=O) groups is 1. The predicted octanol–water partition coefficient (Wildman–Crippen LogP) is 3.49. The number of aromatic nitrogens is 2. The summed E-state index contributed by atoms with van der Waals surface area (Å²) in [6, 6.07) is 17.6. The average Bonchev–Trinajstić information content (AvgIpc) is 2.95. The molecular weight excluding hydrogens is 274 g/mol. The molecule has 4 nitrogen and oxygen atoms in total. The quantitative estimate of drug-likeness (QED) is 0.800. The second-order valence-electron chi connectivity index (χ2n) is 5.18. The third-order valence-corrected chi connectivity index (χ3v) is 3.47. The van der Waals surface area contributed by atoms with Gasteiger partial charge in [0, 0.05) is 11.8 Å². The fourth-order valence-electron chi connectivity index (χ4n) is 2.31. The minimum atomic E-state index is -0.114. The first-order chi connectivity index (χ1) is 10.7. The van der Waals surface area contributed by atoms with Crippen LogP contribution < -0.4 is 5.32 Å². The lowest BCUT2D eigenvalue weighted by Gasteiger charge is -2.05. The molecule has 1 aromatic heterocycles. The Balaban J connectivity index is 1.69. The zero-order chi connectivity index (χ0) is 15.4. The van der Waals surface area contributed by atoms with Gasteiger partial charge >= 0.3 is 0 Å². The van der Waals surface area contributed by atoms with E-state index in [0.717, 1.165) is 5.56 Å². The molecule has 3 rings (SSSR count). The lowest BCUT2D eigenvalue weighted by atomic mass is 10.1. The van der Waals surface area contributed by atoms with Crippen LogP contribution in [-0.4, -0.2) is 15.7 Å². The van der Waals surface area contributed by atoms with E-state index < -0.39 is 0 Å². The Kier molecular flexibility index (Phi) is 4.01. The molecular formula is C18H17N3O. The molecule has 3 aromatic rings. The summed E-state index contributed by atoms with van der Waals surface area (Å²) in [5.74, 6) is -0.114. The second kappa shape index (κ2) is 6.26. The topological polar surface area (TPSA) is 46.9 Å². The van der Waals surface area contributed by atoms with Crippen molar-refractivity contribution in [3.05, 3.63) is 83.7 Å².